The van der Waals surface area contributed by atoms with E-state index in [-0.39, 0.29) is 11.9 Å². The van der Waals surface area contributed by atoms with Gasteiger partial charge in [0.25, 0.3) is 0 Å². The SMILES string of the molecule is CN1CCC(CN(C)C(=O)CC2COCCN2)CC1. The number of rotatable bonds is 4. The van der Waals surface area contributed by atoms with Crippen molar-refractivity contribution in [3.05, 3.63) is 0 Å². The smallest absolute Gasteiger partial charge is 0.223 e. The average Bonchev–Trinajstić information content (AvgIpc) is 2.42. The second-order valence-corrected chi connectivity index (χ2v) is 5.95. The zero-order valence-electron chi connectivity index (χ0n) is 12.2. The molecular formula is C14H27N3O2. The van der Waals surface area contributed by atoms with Crippen LogP contribution in [0.3, 0.4) is 0 Å². The third kappa shape index (κ3) is 4.75. The normalized spacial score (nSPS) is 26.3. The van der Waals surface area contributed by atoms with Crippen LogP contribution >= 0.6 is 0 Å². The van der Waals surface area contributed by atoms with Crippen LogP contribution in [0.1, 0.15) is 19.3 Å². The van der Waals surface area contributed by atoms with Crippen LogP contribution in [0.4, 0.5) is 0 Å². The molecule has 0 aromatic heterocycles. The minimum atomic E-state index is 0.196. The van der Waals surface area contributed by atoms with E-state index in [1.807, 2.05) is 11.9 Å². The van der Waals surface area contributed by atoms with Gasteiger partial charge in [-0.25, -0.2) is 0 Å². The van der Waals surface area contributed by atoms with Crippen LogP contribution in [-0.4, -0.2) is 75.2 Å². The summed E-state index contributed by atoms with van der Waals surface area (Å²) in [5.74, 6) is 0.905. The van der Waals surface area contributed by atoms with Gasteiger partial charge in [-0.3, -0.25) is 4.79 Å². The lowest BCUT2D eigenvalue weighted by atomic mass is 9.96. The fourth-order valence-electron chi connectivity index (χ4n) is 2.85. The molecule has 1 amide bonds. The minimum absolute atomic E-state index is 0.196. The molecule has 2 rings (SSSR count). The van der Waals surface area contributed by atoms with Crippen molar-refractivity contribution in [3.63, 3.8) is 0 Å². The number of nitrogens with one attached hydrogen (secondary N) is 1. The molecule has 2 aliphatic heterocycles. The van der Waals surface area contributed by atoms with Crippen molar-refractivity contribution in [1.82, 2.24) is 15.1 Å². The van der Waals surface area contributed by atoms with Gasteiger partial charge in [0.05, 0.1) is 13.2 Å². The van der Waals surface area contributed by atoms with E-state index in [9.17, 15) is 4.79 Å². The molecule has 1 N–H and O–H groups in total. The highest BCUT2D eigenvalue weighted by atomic mass is 16.5. The predicted molar refractivity (Wildman–Crippen MR) is 75.1 cm³/mol. The van der Waals surface area contributed by atoms with E-state index in [1.54, 1.807) is 0 Å². The van der Waals surface area contributed by atoms with Gasteiger partial charge in [0.1, 0.15) is 0 Å². The first-order chi connectivity index (χ1) is 9.15. The third-order valence-corrected chi connectivity index (χ3v) is 4.22. The van der Waals surface area contributed by atoms with E-state index < -0.39 is 0 Å². The number of ether oxygens (including phenoxy) is 1. The van der Waals surface area contributed by atoms with Crippen LogP contribution in [0.25, 0.3) is 0 Å². The summed E-state index contributed by atoms with van der Waals surface area (Å²) in [7, 11) is 4.10. The fraction of sp³-hybridized carbons (Fsp3) is 0.929. The molecule has 2 fully saturated rings. The molecule has 19 heavy (non-hydrogen) atoms. The number of morpholine rings is 1. The second kappa shape index (κ2) is 7.22. The van der Waals surface area contributed by atoms with Crippen molar-refractivity contribution >= 4 is 5.91 Å². The van der Waals surface area contributed by atoms with Gasteiger partial charge < -0.3 is 19.9 Å². The van der Waals surface area contributed by atoms with Crippen molar-refractivity contribution < 1.29 is 9.53 Å². The molecule has 0 spiro atoms. The Hall–Kier alpha value is -0.650. The van der Waals surface area contributed by atoms with Crippen LogP contribution in [0.15, 0.2) is 0 Å². The van der Waals surface area contributed by atoms with Gasteiger partial charge in [0.2, 0.25) is 5.91 Å². The highest BCUT2D eigenvalue weighted by Crippen LogP contribution is 2.17. The molecule has 2 saturated heterocycles. The van der Waals surface area contributed by atoms with Crippen molar-refractivity contribution in [2.75, 3.05) is 53.5 Å². The van der Waals surface area contributed by atoms with Crippen LogP contribution in [-0.2, 0) is 9.53 Å². The molecule has 2 aliphatic rings. The first-order valence-corrected chi connectivity index (χ1v) is 7.39. The van der Waals surface area contributed by atoms with Gasteiger partial charge in [0.15, 0.2) is 0 Å². The molecule has 0 aromatic rings. The summed E-state index contributed by atoms with van der Waals surface area (Å²) in [6.07, 6.45) is 2.97. The minimum Gasteiger partial charge on any atom is -0.378 e. The van der Waals surface area contributed by atoms with Gasteiger partial charge in [-0.1, -0.05) is 0 Å². The topological polar surface area (TPSA) is 44.8 Å². The van der Waals surface area contributed by atoms with E-state index in [4.69, 9.17) is 4.74 Å². The maximum atomic E-state index is 12.2. The maximum Gasteiger partial charge on any atom is 0.223 e. The number of likely N-dealkylation sites (tertiary alicyclic amines) is 1. The van der Waals surface area contributed by atoms with Crippen LogP contribution in [0.2, 0.25) is 0 Å². The maximum absolute atomic E-state index is 12.2. The van der Waals surface area contributed by atoms with Crippen molar-refractivity contribution in [3.8, 4) is 0 Å². The molecule has 0 saturated carbocycles. The molecule has 1 atom stereocenters. The number of hydrogen-bond acceptors (Lipinski definition) is 4. The zero-order chi connectivity index (χ0) is 13.7. The van der Waals surface area contributed by atoms with Crippen LogP contribution in [0, 0.1) is 5.92 Å². The Morgan fingerprint density at radius 3 is 2.79 bits per heavy atom. The Labute approximate surface area is 116 Å². The molecule has 2 heterocycles. The monoisotopic (exact) mass is 269 g/mol. The van der Waals surface area contributed by atoms with E-state index in [0.29, 0.717) is 18.9 Å². The lowest BCUT2D eigenvalue weighted by Gasteiger charge is -2.32. The second-order valence-electron chi connectivity index (χ2n) is 5.95. The Bertz CT molecular complexity index is 284. The number of carbonyl (C=O) groups excluding carboxylic acids is 1. The summed E-state index contributed by atoms with van der Waals surface area (Å²) in [6.45, 7) is 5.50. The molecule has 110 valence electrons. The fourth-order valence-corrected chi connectivity index (χ4v) is 2.85. The largest absolute Gasteiger partial charge is 0.378 e. The molecule has 5 nitrogen and oxygen atoms in total. The van der Waals surface area contributed by atoms with E-state index in [1.165, 1.54) is 12.8 Å². The Morgan fingerprint density at radius 2 is 2.16 bits per heavy atom. The van der Waals surface area contributed by atoms with Crippen LogP contribution in [0.5, 0.6) is 0 Å². The van der Waals surface area contributed by atoms with E-state index >= 15 is 0 Å². The Balaban J connectivity index is 1.69. The van der Waals surface area contributed by atoms with Gasteiger partial charge in [-0.15, -0.1) is 0 Å². The molecule has 0 radical (unpaired) electrons. The number of nitrogens with zero attached hydrogens (tertiary/aromatic N) is 2. The summed E-state index contributed by atoms with van der Waals surface area (Å²) < 4.78 is 5.39. The summed E-state index contributed by atoms with van der Waals surface area (Å²) in [5, 5.41) is 3.34. The molecule has 0 aromatic carbocycles. The highest BCUT2D eigenvalue weighted by Gasteiger charge is 2.23. The van der Waals surface area contributed by atoms with Gasteiger partial charge in [0, 0.05) is 32.6 Å². The molecule has 5 heteroatoms. The molecule has 0 bridgehead atoms. The first kappa shape index (κ1) is 14.8. The van der Waals surface area contributed by atoms with Gasteiger partial charge in [-0.2, -0.15) is 0 Å². The zero-order valence-corrected chi connectivity index (χ0v) is 12.2. The summed E-state index contributed by atoms with van der Waals surface area (Å²) in [6, 6.07) is 0.196. The summed E-state index contributed by atoms with van der Waals surface area (Å²) in [5.41, 5.74) is 0. The standard InChI is InChI=1S/C14H27N3O2/c1-16-6-3-12(4-7-16)10-17(2)14(18)9-13-11-19-8-5-15-13/h12-13,15H,3-11H2,1-2H3. The van der Waals surface area contributed by atoms with Gasteiger partial charge in [-0.05, 0) is 38.9 Å². The average molecular weight is 269 g/mol. The molecule has 0 aliphatic carbocycles. The first-order valence-electron chi connectivity index (χ1n) is 7.39. The lowest BCUT2D eigenvalue weighted by Crippen LogP contribution is -2.45. The number of carbonyl (C=O) groups is 1. The molecule has 1 unspecified atom stereocenters. The van der Waals surface area contributed by atoms with Crippen molar-refractivity contribution in [2.24, 2.45) is 5.92 Å². The number of amides is 1. The van der Waals surface area contributed by atoms with Gasteiger partial charge >= 0.3 is 0 Å². The summed E-state index contributed by atoms with van der Waals surface area (Å²) in [4.78, 5) is 16.4. The highest BCUT2D eigenvalue weighted by molar-refractivity contribution is 5.76. The predicted octanol–water partition coefficient (Wildman–Crippen LogP) is 0.165. The quantitative estimate of drug-likeness (QED) is 0.790. The van der Waals surface area contributed by atoms with Crippen molar-refractivity contribution in [1.29, 1.82) is 0 Å². The Morgan fingerprint density at radius 1 is 1.42 bits per heavy atom. The van der Waals surface area contributed by atoms with Crippen molar-refractivity contribution in [2.45, 2.75) is 25.3 Å². The molecular weight excluding hydrogens is 242 g/mol. The van der Waals surface area contributed by atoms with E-state index in [2.05, 4.69) is 17.3 Å². The lowest BCUT2D eigenvalue weighted by molar-refractivity contribution is -0.131. The Kier molecular flexibility index (Phi) is 5.60. The summed E-state index contributed by atoms with van der Waals surface area (Å²) >= 11 is 0. The van der Waals surface area contributed by atoms with Crippen LogP contribution < -0.4 is 5.32 Å². The van der Waals surface area contributed by atoms with E-state index in [0.717, 1.165) is 32.8 Å². The third-order valence-electron chi connectivity index (χ3n) is 4.22. The number of piperidine rings is 1. The number of hydrogen-bond donors (Lipinski definition) is 1.